The van der Waals surface area contributed by atoms with Crippen LogP contribution in [-0.4, -0.2) is 18.8 Å². The maximum Gasteiger partial charge on any atom is 0.119 e. The average Bonchev–Trinajstić information content (AvgIpc) is 2.51. The van der Waals surface area contributed by atoms with E-state index in [0.717, 1.165) is 32.4 Å². The molecule has 0 fully saturated rings. The van der Waals surface area contributed by atoms with Gasteiger partial charge in [0.25, 0.3) is 0 Å². The van der Waals surface area contributed by atoms with E-state index in [1.165, 1.54) is 22.3 Å². The molecule has 98 valence electrons. The fourth-order valence-electron chi connectivity index (χ4n) is 3.86. The standard InChI is InChI=1S/C16H22FN/c1-3-14-15-12(10-16(14,2)17)5-4-11-6-8-18-9-7-13(11)15/h4-5,14,18H,3,6-10H2,1-2H3. The summed E-state index contributed by atoms with van der Waals surface area (Å²) >= 11 is 0. The number of hydrogen-bond donors (Lipinski definition) is 1. The van der Waals surface area contributed by atoms with Gasteiger partial charge < -0.3 is 5.32 Å². The van der Waals surface area contributed by atoms with E-state index in [-0.39, 0.29) is 5.92 Å². The molecule has 0 aromatic heterocycles. The van der Waals surface area contributed by atoms with E-state index in [1.54, 1.807) is 6.92 Å². The first kappa shape index (κ1) is 12.2. The smallest absolute Gasteiger partial charge is 0.119 e. The zero-order chi connectivity index (χ0) is 12.8. The number of nitrogens with one attached hydrogen (secondary N) is 1. The maximum atomic E-state index is 14.7. The number of alkyl halides is 1. The van der Waals surface area contributed by atoms with Gasteiger partial charge in [0.05, 0.1) is 0 Å². The van der Waals surface area contributed by atoms with E-state index in [4.69, 9.17) is 0 Å². The second-order valence-corrected chi connectivity index (χ2v) is 5.94. The molecule has 2 unspecified atom stereocenters. The Morgan fingerprint density at radius 2 is 2.00 bits per heavy atom. The summed E-state index contributed by atoms with van der Waals surface area (Å²) in [6, 6.07) is 4.41. The van der Waals surface area contributed by atoms with Gasteiger partial charge in [-0.05, 0) is 61.5 Å². The highest BCUT2D eigenvalue weighted by Crippen LogP contribution is 2.47. The third-order valence-corrected chi connectivity index (χ3v) is 4.69. The van der Waals surface area contributed by atoms with Gasteiger partial charge in [-0.1, -0.05) is 19.1 Å². The minimum Gasteiger partial charge on any atom is -0.316 e. The largest absolute Gasteiger partial charge is 0.316 e. The first-order chi connectivity index (χ1) is 8.63. The quantitative estimate of drug-likeness (QED) is 0.804. The third-order valence-electron chi connectivity index (χ3n) is 4.69. The molecule has 2 aliphatic rings. The first-order valence-electron chi connectivity index (χ1n) is 7.16. The zero-order valence-corrected chi connectivity index (χ0v) is 11.4. The van der Waals surface area contributed by atoms with Gasteiger partial charge in [0.1, 0.15) is 5.67 Å². The van der Waals surface area contributed by atoms with Gasteiger partial charge in [-0.3, -0.25) is 0 Å². The summed E-state index contributed by atoms with van der Waals surface area (Å²) in [5.74, 6) is 0.0977. The maximum absolute atomic E-state index is 14.7. The van der Waals surface area contributed by atoms with Crippen LogP contribution in [0.1, 0.15) is 48.4 Å². The molecule has 1 aliphatic heterocycles. The van der Waals surface area contributed by atoms with E-state index in [9.17, 15) is 4.39 Å². The third kappa shape index (κ3) is 1.78. The van der Waals surface area contributed by atoms with Gasteiger partial charge in [0, 0.05) is 12.3 Å². The zero-order valence-electron chi connectivity index (χ0n) is 11.4. The fourth-order valence-corrected chi connectivity index (χ4v) is 3.86. The Labute approximate surface area is 109 Å². The van der Waals surface area contributed by atoms with Crippen molar-refractivity contribution in [3.05, 3.63) is 34.4 Å². The van der Waals surface area contributed by atoms with Crippen molar-refractivity contribution in [2.24, 2.45) is 0 Å². The van der Waals surface area contributed by atoms with Crippen LogP contribution in [0.15, 0.2) is 12.1 Å². The highest BCUT2D eigenvalue weighted by molar-refractivity contribution is 5.49. The lowest BCUT2D eigenvalue weighted by Crippen LogP contribution is -2.24. The van der Waals surface area contributed by atoms with Crippen LogP contribution in [0.2, 0.25) is 0 Å². The van der Waals surface area contributed by atoms with E-state index in [1.807, 2.05) is 0 Å². The molecule has 0 saturated carbocycles. The number of fused-ring (bicyclic) bond motifs is 3. The first-order valence-corrected chi connectivity index (χ1v) is 7.16. The van der Waals surface area contributed by atoms with Crippen LogP contribution in [0.4, 0.5) is 4.39 Å². The molecule has 1 nitrogen and oxygen atoms in total. The van der Waals surface area contributed by atoms with Crippen molar-refractivity contribution >= 4 is 0 Å². The molecular formula is C16H22FN. The molecule has 1 aliphatic carbocycles. The van der Waals surface area contributed by atoms with Gasteiger partial charge in [0.2, 0.25) is 0 Å². The predicted molar refractivity (Wildman–Crippen MR) is 73.0 cm³/mol. The normalized spacial score (nSPS) is 30.7. The molecule has 1 aromatic rings. The molecule has 3 rings (SSSR count). The number of rotatable bonds is 1. The SMILES string of the molecule is CCC1c2c(ccc3c2CCNCC3)CC1(C)F. The van der Waals surface area contributed by atoms with Crippen molar-refractivity contribution in [1.29, 1.82) is 0 Å². The van der Waals surface area contributed by atoms with Gasteiger partial charge in [-0.2, -0.15) is 0 Å². The van der Waals surface area contributed by atoms with Crippen LogP contribution in [0.5, 0.6) is 0 Å². The highest BCUT2D eigenvalue weighted by atomic mass is 19.1. The minimum atomic E-state index is -1.05. The summed E-state index contributed by atoms with van der Waals surface area (Å²) in [7, 11) is 0. The number of hydrogen-bond acceptors (Lipinski definition) is 1. The molecule has 1 heterocycles. The summed E-state index contributed by atoms with van der Waals surface area (Å²) in [4.78, 5) is 0. The highest BCUT2D eigenvalue weighted by Gasteiger charge is 2.43. The van der Waals surface area contributed by atoms with Crippen molar-refractivity contribution in [3.8, 4) is 0 Å². The summed E-state index contributed by atoms with van der Waals surface area (Å²) in [6.45, 7) is 5.98. The lowest BCUT2D eigenvalue weighted by atomic mass is 9.84. The Morgan fingerprint density at radius 3 is 2.78 bits per heavy atom. The van der Waals surface area contributed by atoms with Crippen molar-refractivity contribution < 1.29 is 4.39 Å². The molecule has 1 aromatic carbocycles. The molecule has 1 N–H and O–H groups in total. The van der Waals surface area contributed by atoms with E-state index in [2.05, 4.69) is 24.4 Å². The molecule has 2 atom stereocenters. The minimum absolute atomic E-state index is 0.0977. The Morgan fingerprint density at radius 1 is 1.28 bits per heavy atom. The number of benzene rings is 1. The van der Waals surface area contributed by atoms with Crippen LogP contribution in [0.25, 0.3) is 0 Å². The summed E-state index contributed by atoms with van der Waals surface area (Å²) in [5, 5.41) is 3.45. The molecular weight excluding hydrogens is 225 g/mol. The van der Waals surface area contributed by atoms with Gasteiger partial charge in [0.15, 0.2) is 0 Å². The van der Waals surface area contributed by atoms with Crippen molar-refractivity contribution in [2.45, 2.75) is 51.1 Å². The van der Waals surface area contributed by atoms with Crippen LogP contribution < -0.4 is 5.32 Å². The monoisotopic (exact) mass is 247 g/mol. The topological polar surface area (TPSA) is 12.0 Å². The lowest BCUT2D eigenvalue weighted by Gasteiger charge is -2.24. The Balaban J connectivity index is 2.13. The number of halogens is 1. The van der Waals surface area contributed by atoms with Crippen molar-refractivity contribution in [3.63, 3.8) is 0 Å². The molecule has 0 bridgehead atoms. The summed E-state index contributed by atoms with van der Waals surface area (Å²) in [6.07, 6.45) is 3.65. The van der Waals surface area contributed by atoms with Gasteiger partial charge >= 0.3 is 0 Å². The van der Waals surface area contributed by atoms with Gasteiger partial charge in [-0.25, -0.2) is 4.39 Å². The van der Waals surface area contributed by atoms with Crippen molar-refractivity contribution in [2.75, 3.05) is 13.1 Å². The van der Waals surface area contributed by atoms with Crippen LogP contribution >= 0.6 is 0 Å². The second kappa shape index (κ2) is 4.34. The molecule has 0 radical (unpaired) electrons. The fraction of sp³-hybridized carbons (Fsp3) is 0.625. The Hall–Kier alpha value is -0.890. The van der Waals surface area contributed by atoms with Gasteiger partial charge in [-0.15, -0.1) is 0 Å². The van der Waals surface area contributed by atoms with Crippen LogP contribution in [0, 0.1) is 0 Å². The molecule has 2 heteroatoms. The van der Waals surface area contributed by atoms with Crippen LogP contribution in [0.3, 0.4) is 0 Å². The Bertz CT molecular complexity index is 464. The molecule has 0 spiro atoms. The van der Waals surface area contributed by atoms with E-state index in [0.29, 0.717) is 6.42 Å². The van der Waals surface area contributed by atoms with Crippen molar-refractivity contribution in [1.82, 2.24) is 5.32 Å². The predicted octanol–water partition coefficient (Wildman–Crippen LogP) is 3.15. The molecule has 18 heavy (non-hydrogen) atoms. The van der Waals surface area contributed by atoms with E-state index < -0.39 is 5.67 Å². The summed E-state index contributed by atoms with van der Waals surface area (Å²) < 4.78 is 14.7. The summed E-state index contributed by atoms with van der Waals surface area (Å²) in [5.41, 5.74) is 4.45. The van der Waals surface area contributed by atoms with E-state index >= 15 is 0 Å². The second-order valence-electron chi connectivity index (χ2n) is 5.94. The molecule has 0 amide bonds. The average molecular weight is 247 g/mol. The van der Waals surface area contributed by atoms with Crippen LogP contribution in [-0.2, 0) is 19.3 Å². The molecule has 0 saturated heterocycles. The lowest BCUT2D eigenvalue weighted by molar-refractivity contribution is 0.161. The Kier molecular flexibility index (Phi) is 2.93.